The van der Waals surface area contributed by atoms with Crippen LogP contribution in [0.15, 0.2) is 0 Å². The molecular weight excluding hydrogens is 220 g/mol. The predicted molar refractivity (Wildman–Crippen MR) is 72.0 cm³/mol. The maximum atomic E-state index is 5.88. The molecule has 0 aromatic carbocycles. The van der Waals surface area contributed by atoms with Crippen molar-refractivity contribution in [3.05, 3.63) is 0 Å². The third-order valence-electron chi connectivity index (χ3n) is 4.24. The molecule has 0 heterocycles. The number of nitrogens with two attached hydrogens (primary N) is 1. The minimum Gasteiger partial charge on any atom is -0.329 e. The number of likely N-dealkylation sites (N-methyl/N-ethyl adjacent to an activating group) is 1. The summed E-state index contributed by atoms with van der Waals surface area (Å²) in [5.74, 6) is 1.88. The minimum atomic E-state index is 0. The van der Waals surface area contributed by atoms with Gasteiger partial charge in [-0.3, -0.25) is 0 Å². The lowest BCUT2D eigenvalue weighted by molar-refractivity contribution is 0.170. The van der Waals surface area contributed by atoms with E-state index in [1.807, 2.05) is 0 Å². The Morgan fingerprint density at radius 3 is 2.25 bits per heavy atom. The second-order valence-electron chi connectivity index (χ2n) is 5.58. The highest BCUT2D eigenvalue weighted by atomic mass is 35.5. The van der Waals surface area contributed by atoms with Crippen molar-refractivity contribution >= 4 is 12.4 Å². The van der Waals surface area contributed by atoms with E-state index in [0.29, 0.717) is 6.04 Å². The summed E-state index contributed by atoms with van der Waals surface area (Å²) in [6, 6.07) is 0.673. The first-order valence-corrected chi connectivity index (χ1v) is 6.71. The zero-order valence-electron chi connectivity index (χ0n) is 10.5. The van der Waals surface area contributed by atoms with E-state index in [2.05, 4.69) is 11.9 Å². The highest BCUT2D eigenvalue weighted by Gasteiger charge is 2.33. The van der Waals surface area contributed by atoms with Crippen LogP contribution in [0.4, 0.5) is 0 Å². The normalized spacial score (nSPS) is 24.2. The third-order valence-corrected chi connectivity index (χ3v) is 4.24. The molecule has 2 aliphatic rings. The minimum absolute atomic E-state index is 0. The maximum Gasteiger partial charge on any atom is 0.0243 e. The molecule has 16 heavy (non-hydrogen) atoms. The summed E-state index contributed by atoms with van der Waals surface area (Å²) >= 11 is 0. The fourth-order valence-corrected chi connectivity index (χ4v) is 3.13. The first kappa shape index (κ1) is 14.3. The van der Waals surface area contributed by atoms with Gasteiger partial charge in [0.15, 0.2) is 0 Å². The van der Waals surface area contributed by atoms with Crippen molar-refractivity contribution in [2.45, 2.75) is 51.0 Å². The third kappa shape index (κ3) is 3.90. The largest absolute Gasteiger partial charge is 0.329 e. The molecule has 2 saturated carbocycles. The number of nitrogens with zero attached hydrogens (tertiary/aromatic N) is 1. The van der Waals surface area contributed by atoms with Gasteiger partial charge in [-0.15, -0.1) is 12.4 Å². The first-order chi connectivity index (χ1) is 7.31. The van der Waals surface area contributed by atoms with Gasteiger partial charge in [-0.2, -0.15) is 0 Å². The van der Waals surface area contributed by atoms with Gasteiger partial charge in [0.1, 0.15) is 0 Å². The van der Waals surface area contributed by atoms with Crippen LogP contribution in [0.25, 0.3) is 0 Å². The van der Waals surface area contributed by atoms with Crippen molar-refractivity contribution in [2.24, 2.45) is 17.6 Å². The molecule has 0 aromatic rings. The van der Waals surface area contributed by atoms with Gasteiger partial charge in [0.05, 0.1) is 0 Å². The van der Waals surface area contributed by atoms with Gasteiger partial charge in [0, 0.05) is 19.1 Å². The Hall–Kier alpha value is 0.210. The Kier molecular flexibility index (Phi) is 6.09. The van der Waals surface area contributed by atoms with E-state index in [9.17, 15) is 0 Å². The average Bonchev–Trinajstić information content (AvgIpc) is 3.04. The fourth-order valence-electron chi connectivity index (χ4n) is 3.13. The highest BCUT2D eigenvalue weighted by molar-refractivity contribution is 5.85. The monoisotopic (exact) mass is 246 g/mol. The highest BCUT2D eigenvalue weighted by Crippen LogP contribution is 2.35. The van der Waals surface area contributed by atoms with Gasteiger partial charge >= 0.3 is 0 Å². The molecule has 0 radical (unpaired) electrons. The number of hydrogen-bond acceptors (Lipinski definition) is 2. The molecule has 2 aliphatic carbocycles. The Labute approximate surface area is 106 Å². The zero-order valence-corrected chi connectivity index (χ0v) is 11.3. The van der Waals surface area contributed by atoms with Gasteiger partial charge in [0.2, 0.25) is 0 Å². The summed E-state index contributed by atoms with van der Waals surface area (Å²) < 4.78 is 0. The molecule has 1 atom stereocenters. The topological polar surface area (TPSA) is 29.3 Å². The second-order valence-corrected chi connectivity index (χ2v) is 5.58. The van der Waals surface area contributed by atoms with Gasteiger partial charge in [-0.25, -0.2) is 0 Å². The molecule has 2 fully saturated rings. The van der Waals surface area contributed by atoms with E-state index in [0.717, 1.165) is 18.4 Å². The van der Waals surface area contributed by atoms with Gasteiger partial charge in [0.25, 0.3) is 0 Å². The van der Waals surface area contributed by atoms with Gasteiger partial charge in [-0.1, -0.05) is 19.3 Å². The van der Waals surface area contributed by atoms with E-state index in [-0.39, 0.29) is 12.4 Å². The van der Waals surface area contributed by atoms with Crippen molar-refractivity contribution in [3.8, 4) is 0 Å². The van der Waals surface area contributed by atoms with E-state index in [1.54, 1.807) is 0 Å². The SMILES string of the molecule is CN(CC1CCCCC1)C(CN)C1CC1.Cl. The van der Waals surface area contributed by atoms with Crippen LogP contribution in [-0.4, -0.2) is 31.1 Å². The lowest BCUT2D eigenvalue weighted by Crippen LogP contribution is -2.42. The average molecular weight is 247 g/mol. The summed E-state index contributed by atoms with van der Waals surface area (Å²) in [6.45, 7) is 2.15. The van der Waals surface area contributed by atoms with E-state index in [1.165, 1.54) is 51.5 Å². The summed E-state index contributed by atoms with van der Waals surface area (Å²) in [5.41, 5.74) is 5.88. The molecule has 0 amide bonds. The Morgan fingerprint density at radius 1 is 1.12 bits per heavy atom. The Bertz CT molecular complexity index is 188. The summed E-state index contributed by atoms with van der Waals surface area (Å²) in [6.07, 6.45) is 10.1. The summed E-state index contributed by atoms with van der Waals surface area (Å²) in [4.78, 5) is 2.55. The van der Waals surface area contributed by atoms with Crippen molar-refractivity contribution < 1.29 is 0 Å². The molecule has 0 aliphatic heterocycles. The lowest BCUT2D eigenvalue weighted by Gasteiger charge is -2.32. The van der Waals surface area contributed by atoms with Gasteiger partial charge in [-0.05, 0) is 44.6 Å². The summed E-state index contributed by atoms with van der Waals surface area (Å²) in [5, 5.41) is 0. The van der Waals surface area contributed by atoms with Crippen molar-refractivity contribution in [3.63, 3.8) is 0 Å². The maximum absolute atomic E-state index is 5.88. The molecule has 0 saturated heterocycles. The molecule has 2 nitrogen and oxygen atoms in total. The molecule has 0 aromatic heterocycles. The summed E-state index contributed by atoms with van der Waals surface area (Å²) in [7, 11) is 2.28. The zero-order chi connectivity index (χ0) is 10.7. The number of halogens is 1. The van der Waals surface area contributed by atoms with Crippen molar-refractivity contribution in [1.29, 1.82) is 0 Å². The van der Waals surface area contributed by atoms with Crippen LogP contribution in [0, 0.1) is 11.8 Å². The first-order valence-electron chi connectivity index (χ1n) is 6.71. The van der Waals surface area contributed by atoms with E-state index < -0.39 is 0 Å². The Morgan fingerprint density at radius 2 is 1.75 bits per heavy atom. The molecule has 2 rings (SSSR count). The number of hydrogen-bond donors (Lipinski definition) is 1. The lowest BCUT2D eigenvalue weighted by atomic mass is 9.88. The van der Waals surface area contributed by atoms with Crippen LogP contribution in [0.3, 0.4) is 0 Å². The van der Waals surface area contributed by atoms with Crippen LogP contribution in [0.1, 0.15) is 44.9 Å². The van der Waals surface area contributed by atoms with Gasteiger partial charge < -0.3 is 10.6 Å². The quantitative estimate of drug-likeness (QED) is 0.808. The molecule has 1 unspecified atom stereocenters. The van der Waals surface area contributed by atoms with Crippen LogP contribution < -0.4 is 5.73 Å². The Balaban J connectivity index is 0.00000128. The van der Waals surface area contributed by atoms with E-state index in [4.69, 9.17) is 5.73 Å². The molecular formula is C13H27ClN2. The van der Waals surface area contributed by atoms with Crippen molar-refractivity contribution in [1.82, 2.24) is 4.90 Å². The van der Waals surface area contributed by atoms with Crippen LogP contribution >= 0.6 is 12.4 Å². The van der Waals surface area contributed by atoms with Crippen LogP contribution in [-0.2, 0) is 0 Å². The van der Waals surface area contributed by atoms with Crippen LogP contribution in [0.5, 0.6) is 0 Å². The standard InChI is InChI=1S/C13H26N2.ClH/c1-15(13(9-14)12-7-8-12)10-11-5-3-2-4-6-11;/h11-13H,2-10,14H2,1H3;1H. The second kappa shape index (κ2) is 6.83. The molecule has 0 spiro atoms. The molecule has 96 valence electrons. The molecule has 2 N–H and O–H groups in total. The predicted octanol–water partition coefficient (Wildman–Crippen LogP) is 2.66. The number of rotatable bonds is 5. The fraction of sp³-hybridized carbons (Fsp3) is 1.00. The van der Waals surface area contributed by atoms with Crippen molar-refractivity contribution in [2.75, 3.05) is 20.1 Å². The van der Waals surface area contributed by atoms with Crippen LogP contribution in [0.2, 0.25) is 0 Å². The molecule has 0 bridgehead atoms. The van der Waals surface area contributed by atoms with E-state index >= 15 is 0 Å². The smallest absolute Gasteiger partial charge is 0.0243 e. The molecule has 3 heteroatoms.